The van der Waals surface area contributed by atoms with Crippen molar-refractivity contribution < 1.29 is 27.4 Å². The molecule has 0 aromatic carbocycles. The van der Waals surface area contributed by atoms with Gasteiger partial charge in [-0.25, -0.2) is 0 Å². The zero-order chi connectivity index (χ0) is 14.9. The molecule has 0 spiro atoms. The lowest BCUT2D eigenvalue weighted by atomic mass is 9.98. The molecule has 0 aliphatic heterocycles. The van der Waals surface area contributed by atoms with Crippen LogP contribution in [0.1, 0.15) is 39.5 Å². The van der Waals surface area contributed by atoms with E-state index in [0.29, 0.717) is 12.8 Å². The Balaban J connectivity index is 3.61. The number of carbonyl (C=O) groups is 1. The maximum absolute atomic E-state index is 11.8. The lowest BCUT2D eigenvalue weighted by molar-refractivity contribution is -0.149. The highest BCUT2D eigenvalue weighted by molar-refractivity contribution is 5.79. The Bertz CT molecular complexity index is 267. The monoisotopic (exact) mass is 285 g/mol. The van der Waals surface area contributed by atoms with Crippen LogP contribution in [0.2, 0.25) is 0 Å². The summed E-state index contributed by atoms with van der Waals surface area (Å²) in [5, 5.41) is 0. The summed E-state index contributed by atoms with van der Waals surface area (Å²) in [5.74, 6) is -0.480. The lowest BCUT2D eigenvalue weighted by Gasteiger charge is -2.21. The number of hydrogen-bond donors (Lipinski definition) is 1. The summed E-state index contributed by atoms with van der Waals surface area (Å²) in [6.07, 6.45) is -4.17. The van der Waals surface area contributed by atoms with Crippen molar-refractivity contribution in [2.24, 2.45) is 5.73 Å². The topological polar surface area (TPSA) is 61.5 Å². The molecule has 0 amide bonds. The third kappa shape index (κ3) is 9.72. The molecule has 114 valence electrons. The molecule has 0 saturated carbocycles. The van der Waals surface area contributed by atoms with Crippen molar-refractivity contribution in [3.63, 3.8) is 0 Å². The van der Waals surface area contributed by atoms with Gasteiger partial charge in [0.15, 0.2) is 0 Å². The molecule has 0 saturated heterocycles. The first kappa shape index (κ1) is 18.2. The molecule has 4 nitrogen and oxygen atoms in total. The average Bonchev–Trinajstić information content (AvgIpc) is 2.26. The van der Waals surface area contributed by atoms with Crippen LogP contribution in [0.5, 0.6) is 0 Å². The van der Waals surface area contributed by atoms with Crippen LogP contribution in [0.4, 0.5) is 13.2 Å². The van der Waals surface area contributed by atoms with Crippen LogP contribution in [0.25, 0.3) is 0 Å². The molecule has 1 atom stereocenters. The van der Waals surface area contributed by atoms with Crippen LogP contribution in [0.3, 0.4) is 0 Å². The molecule has 0 bridgehead atoms. The minimum atomic E-state index is -4.14. The Morgan fingerprint density at radius 2 is 1.68 bits per heavy atom. The van der Waals surface area contributed by atoms with E-state index >= 15 is 0 Å². The molecule has 1 unspecified atom stereocenters. The van der Waals surface area contributed by atoms with E-state index in [1.54, 1.807) is 13.8 Å². The number of ether oxygens (including phenoxy) is 2. The summed E-state index contributed by atoms with van der Waals surface area (Å²) in [6.45, 7) is 3.86. The van der Waals surface area contributed by atoms with Crippen molar-refractivity contribution in [3.8, 4) is 0 Å². The molecule has 0 fully saturated rings. The average molecular weight is 285 g/mol. The maximum atomic E-state index is 11.8. The minimum Gasteiger partial charge on any atom is -0.465 e. The first-order chi connectivity index (χ1) is 8.69. The minimum absolute atomic E-state index is 0.0543. The zero-order valence-corrected chi connectivity index (χ0v) is 11.4. The van der Waals surface area contributed by atoms with Crippen molar-refractivity contribution in [1.29, 1.82) is 0 Å². The molecular formula is C12H22F3NO3. The Labute approximate surface area is 111 Å². The Hall–Kier alpha value is -0.820. The molecule has 2 N–H and O–H groups in total. The summed E-state index contributed by atoms with van der Waals surface area (Å²) in [5.41, 5.74) is 4.69. The SMILES string of the molecule is CCOC(=O)C(C)(N)CCCOCCCC(F)(F)F. The molecule has 0 rings (SSSR count). The summed E-state index contributed by atoms with van der Waals surface area (Å²) in [4.78, 5) is 11.4. The third-order valence-corrected chi connectivity index (χ3v) is 2.48. The first-order valence-corrected chi connectivity index (χ1v) is 6.29. The normalized spacial score (nSPS) is 15.1. The number of carbonyl (C=O) groups excluding carboxylic acids is 1. The van der Waals surface area contributed by atoms with Crippen LogP contribution in [0.15, 0.2) is 0 Å². The van der Waals surface area contributed by atoms with E-state index in [2.05, 4.69) is 0 Å². The number of halogens is 3. The van der Waals surface area contributed by atoms with Crippen molar-refractivity contribution >= 4 is 5.97 Å². The summed E-state index contributed by atoms with van der Waals surface area (Å²) in [7, 11) is 0. The number of hydrogen-bond acceptors (Lipinski definition) is 4. The molecule has 0 aromatic heterocycles. The number of rotatable bonds is 9. The summed E-state index contributed by atoms with van der Waals surface area (Å²) in [6, 6.07) is 0. The van der Waals surface area contributed by atoms with Crippen LogP contribution >= 0.6 is 0 Å². The first-order valence-electron chi connectivity index (χ1n) is 6.29. The quantitative estimate of drug-likeness (QED) is 0.522. The highest BCUT2D eigenvalue weighted by atomic mass is 19.4. The van der Waals surface area contributed by atoms with Crippen LogP contribution in [-0.2, 0) is 14.3 Å². The highest BCUT2D eigenvalue weighted by Gasteiger charge is 2.29. The van der Waals surface area contributed by atoms with Gasteiger partial charge in [0.05, 0.1) is 6.61 Å². The molecule has 19 heavy (non-hydrogen) atoms. The van der Waals surface area contributed by atoms with Crippen LogP contribution < -0.4 is 5.73 Å². The number of esters is 1. The Morgan fingerprint density at radius 1 is 1.16 bits per heavy atom. The van der Waals surface area contributed by atoms with Crippen molar-refractivity contribution in [2.75, 3.05) is 19.8 Å². The molecule has 0 aliphatic rings. The van der Waals surface area contributed by atoms with Gasteiger partial charge in [0.1, 0.15) is 5.54 Å². The molecule has 7 heteroatoms. The van der Waals surface area contributed by atoms with Gasteiger partial charge in [0.2, 0.25) is 0 Å². The summed E-state index contributed by atoms with van der Waals surface area (Å²) < 4.78 is 45.3. The molecule has 0 heterocycles. The van der Waals surface area contributed by atoms with Gasteiger partial charge in [-0.05, 0) is 33.1 Å². The van der Waals surface area contributed by atoms with E-state index in [1.807, 2.05) is 0 Å². The van der Waals surface area contributed by atoms with Crippen molar-refractivity contribution in [3.05, 3.63) is 0 Å². The van der Waals surface area contributed by atoms with E-state index in [-0.39, 0.29) is 26.2 Å². The van der Waals surface area contributed by atoms with Crippen LogP contribution in [0, 0.1) is 0 Å². The smallest absolute Gasteiger partial charge is 0.389 e. The Kier molecular flexibility index (Phi) is 8.01. The van der Waals surface area contributed by atoms with E-state index in [9.17, 15) is 18.0 Å². The molecule has 0 radical (unpaired) electrons. The second-order valence-electron chi connectivity index (χ2n) is 4.57. The van der Waals surface area contributed by atoms with Gasteiger partial charge >= 0.3 is 12.1 Å². The number of nitrogens with two attached hydrogens (primary N) is 1. The summed E-state index contributed by atoms with van der Waals surface area (Å²) >= 11 is 0. The molecule has 0 aromatic rings. The van der Waals surface area contributed by atoms with Crippen molar-refractivity contribution in [1.82, 2.24) is 0 Å². The maximum Gasteiger partial charge on any atom is 0.389 e. The van der Waals surface area contributed by atoms with Gasteiger partial charge in [-0.15, -0.1) is 0 Å². The largest absolute Gasteiger partial charge is 0.465 e. The van der Waals surface area contributed by atoms with Gasteiger partial charge in [0.25, 0.3) is 0 Å². The lowest BCUT2D eigenvalue weighted by Crippen LogP contribution is -2.46. The van der Waals surface area contributed by atoms with E-state index < -0.39 is 24.1 Å². The van der Waals surface area contributed by atoms with Gasteiger partial charge < -0.3 is 15.2 Å². The van der Waals surface area contributed by atoms with E-state index in [0.717, 1.165) is 0 Å². The Morgan fingerprint density at radius 3 is 2.16 bits per heavy atom. The fourth-order valence-electron chi connectivity index (χ4n) is 1.42. The third-order valence-electron chi connectivity index (χ3n) is 2.48. The van der Waals surface area contributed by atoms with Gasteiger partial charge in [-0.1, -0.05) is 0 Å². The van der Waals surface area contributed by atoms with Gasteiger partial charge in [-0.2, -0.15) is 13.2 Å². The standard InChI is InChI=1S/C12H22F3NO3/c1-3-19-10(17)11(2,16)6-4-8-18-9-5-7-12(13,14)15/h3-9,16H2,1-2H3. The van der Waals surface area contributed by atoms with Gasteiger partial charge in [-0.3, -0.25) is 4.79 Å². The van der Waals surface area contributed by atoms with E-state index in [4.69, 9.17) is 15.2 Å². The molecular weight excluding hydrogens is 263 g/mol. The second-order valence-corrected chi connectivity index (χ2v) is 4.57. The fraction of sp³-hybridized carbons (Fsp3) is 0.917. The van der Waals surface area contributed by atoms with Crippen molar-refractivity contribution in [2.45, 2.75) is 51.2 Å². The highest BCUT2D eigenvalue weighted by Crippen LogP contribution is 2.21. The van der Waals surface area contributed by atoms with Crippen LogP contribution in [-0.4, -0.2) is 37.5 Å². The van der Waals surface area contributed by atoms with E-state index in [1.165, 1.54) is 0 Å². The fourth-order valence-corrected chi connectivity index (χ4v) is 1.42. The second kappa shape index (κ2) is 8.37. The van der Waals surface area contributed by atoms with Gasteiger partial charge in [0, 0.05) is 19.6 Å². The molecule has 0 aliphatic carbocycles. The predicted molar refractivity (Wildman–Crippen MR) is 64.6 cm³/mol. The zero-order valence-electron chi connectivity index (χ0n) is 11.4. The number of alkyl halides is 3. The predicted octanol–water partition coefficient (Wildman–Crippen LogP) is 2.41.